The highest BCUT2D eigenvalue weighted by Crippen LogP contribution is 2.21. The summed E-state index contributed by atoms with van der Waals surface area (Å²) in [5, 5.41) is 7.95. The largest absolute Gasteiger partial charge is 0.462 e. The van der Waals surface area contributed by atoms with E-state index in [0.717, 1.165) is 62.5 Å². The Kier molecular flexibility index (Phi) is 7.04. The van der Waals surface area contributed by atoms with Crippen LogP contribution in [0.15, 0.2) is 48.8 Å². The minimum absolute atomic E-state index is 0.275. The smallest absolute Gasteiger partial charge is 0.336 e. The lowest BCUT2D eigenvalue weighted by molar-refractivity contribution is 0.278. The number of imidazole rings is 1. The molecule has 3 N–H and O–H groups in total. The molecule has 1 aliphatic heterocycles. The van der Waals surface area contributed by atoms with Gasteiger partial charge in [-0.15, -0.1) is 5.10 Å². The first kappa shape index (κ1) is 23.0. The molecule has 0 saturated carbocycles. The predicted octanol–water partition coefficient (Wildman–Crippen LogP) is 2.81. The van der Waals surface area contributed by atoms with Gasteiger partial charge in [0.25, 0.3) is 0 Å². The number of hydrogen-bond donors (Lipinski definition) is 2. The second-order valence-electron chi connectivity index (χ2n) is 8.95. The van der Waals surface area contributed by atoms with E-state index in [9.17, 15) is 0 Å². The molecule has 1 fully saturated rings. The molecule has 1 aromatic carbocycles. The molecule has 3 aromatic heterocycles. The molecular formula is C26H32N8O. The van der Waals surface area contributed by atoms with Crippen LogP contribution in [-0.4, -0.2) is 57.4 Å². The van der Waals surface area contributed by atoms with Crippen molar-refractivity contribution in [2.45, 2.75) is 32.6 Å². The van der Waals surface area contributed by atoms with Gasteiger partial charge in [-0.3, -0.25) is 0 Å². The number of nitrogens with two attached hydrogens (primary N) is 1. The summed E-state index contributed by atoms with van der Waals surface area (Å²) in [7, 11) is 0. The molecule has 0 amide bonds. The van der Waals surface area contributed by atoms with Gasteiger partial charge in [0.05, 0.1) is 18.5 Å². The highest BCUT2D eigenvalue weighted by Gasteiger charge is 2.16. The van der Waals surface area contributed by atoms with Crippen molar-refractivity contribution in [1.82, 2.24) is 29.9 Å². The molecule has 0 radical (unpaired) electrons. The average Bonchev–Trinajstić information content (AvgIpc) is 3.28. The van der Waals surface area contributed by atoms with Gasteiger partial charge < -0.3 is 20.7 Å². The number of rotatable bonds is 9. The number of aromatic nitrogens is 5. The molecule has 5 rings (SSSR count). The van der Waals surface area contributed by atoms with E-state index < -0.39 is 0 Å². The van der Waals surface area contributed by atoms with Crippen molar-refractivity contribution in [2.24, 2.45) is 0 Å². The molecule has 0 unspecified atom stereocenters. The summed E-state index contributed by atoms with van der Waals surface area (Å²) < 4.78 is 7.57. The Hall–Kier alpha value is -3.72. The molecule has 9 heteroatoms. The minimum atomic E-state index is 0.275. The predicted molar refractivity (Wildman–Crippen MR) is 137 cm³/mol. The first-order chi connectivity index (χ1) is 17.2. The number of nitrogen functional groups attached to an aromatic ring is 1. The monoisotopic (exact) mass is 472 g/mol. The Labute approximate surface area is 205 Å². The number of anilines is 2. The normalized spacial score (nSPS) is 13.9. The molecule has 182 valence electrons. The lowest BCUT2D eigenvalue weighted by Gasteiger charge is -2.29. The molecule has 4 aromatic rings. The molecule has 1 saturated heterocycles. The number of hydrogen-bond acceptors (Lipinski definition) is 8. The number of benzene rings is 1. The number of aryl methyl sites for hydroxylation is 2. The number of unbranched alkanes of at least 4 members (excludes halogenated alkanes) is 1. The third-order valence-corrected chi connectivity index (χ3v) is 6.28. The van der Waals surface area contributed by atoms with Crippen LogP contribution < -0.4 is 20.7 Å². The Morgan fingerprint density at radius 1 is 1.03 bits per heavy atom. The van der Waals surface area contributed by atoms with Crippen LogP contribution in [0.25, 0.3) is 5.65 Å². The van der Waals surface area contributed by atoms with Crippen LogP contribution in [0.4, 0.5) is 11.6 Å². The summed E-state index contributed by atoms with van der Waals surface area (Å²) in [5.41, 5.74) is 11.2. The second-order valence-corrected chi connectivity index (χ2v) is 8.95. The maximum atomic E-state index is 6.16. The van der Waals surface area contributed by atoms with Crippen molar-refractivity contribution >= 4 is 17.3 Å². The molecule has 0 aliphatic carbocycles. The van der Waals surface area contributed by atoms with Crippen LogP contribution in [0.1, 0.15) is 35.2 Å². The van der Waals surface area contributed by atoms with Crippen molar-refractivity contribution in [3.63, 3.8) is 0 Å². The van der Waals surface area contributed by atoms with E-state index in [1.165, 1.54) is 11.1 Å². The second kappa shape index (κ2) is 10.7. The zero-order valence-electron chi connectivity index (χ0n) is 20.2. The maximum Gasteiger partial charge on any atom is 0.336 e. The molecule has 0 atom stereocenters. The third kappa shape index (κ3) is 5.51. The SMILES string of the molecule is Cc1cc(Cc2cnc3c(N)nc(OCCCCc4ccccc4)nn23)cnc1N1CCNCC1. The van der Waals surface area contributed by atoms with Gasteiger partial charge in [0, 0.05) is 38.8 Å². The van der Waals surface area contributed by atoms with E-state index in [4.69, 9.17) is 15.5 Å². The molecule has 35 heavy (non-hydrogen) atoms. The van der Waals surface area contributed by atoms with Gasteiger partial charge in [-0.05, 0) is 42.9 Å². The van der Waals surface area contributed by atoms with Gasteiger partial charge in [-0.2, -0.15) is 4.98 Å². The van der Waals surface area contributed by atoms with Crippen molar-refractivity contribution in [1.29, 1.82) is 0 Å². The van der Waals surface area contributed by atoms with Crippen molar-refractivity contribution in [2.75, 3.05) is 43.4 Å². The van der Waals surface area contributed by atoms with E-state index in [2.05, 4.69) is 62.5 Å². The van der Waals surface area contributed by atoms with Crippen LogP contribution in [0.3, 0.4) is 0 Å². The molecule has 4 heterocycles. The number of nitrogens with zero attached hydrogens (tertiary/aromatic N) is 6. The van der Waals surface area contributed by atoms with Crippen molar-refractivity contribution in [3.8, 4) is 6.01 Å². The van der Waals surface area contributed by atoms with Gasteiger partial charge in [0.15, 0.2) is 11.5 Å². The summed E-state index contributed by atoms with van der Waals surface area (Å²) in [6.45, 7) is 6.59. The van der Waals surface area contributed by atoms with Crippen LogP contribution in [0.2, 0.25) is 0 Å². The van der Waals surface area contributed by atoms with E-state index >= 15 is 0 Å². The highest BCUT2D eigenvalue weighted by atomic mass is 16.5. The van der Waals surface area contributed by atoms with Gasteiger partial charge in [0.1, 0.15) is 5.82 Å². The zero-order valence-corrected chi connectivity index (χ0v) is 20.2. The number of nitrogens with one attached hydrogen (secondary N) is 1. The van der Waals surface area contributed by atoms with Crippen molar-refractivity contribution in [3.05, 3.63) is 71.2 Å². The average molecular weight is 473 g/mol. The van der Waals surface area contributed by atoms with Crippen molar-refractivity contribution < 1.29 is 4.74 Å². The first-order valence-electron chi connectivity index (χ1n) is 12.3. The van der Waals surface area contributed by atoms with Crippen LogP contribution in [0.5, 0.6) is 6.01 Å². The fraction of sp³-hybridized carbons (Fsp3) is 0.385. The standard InChI is InChI=1S/C26H32N8O/c1-19-15-21(17-29-24(19)33-12-10-28-11-13-33)16-22-18-30-25-23(27)31-26(32-34(22)25)35-14-6-5-9-20-7-3-2-4-8-20/h2-4,7-8,15,17-18,28H,5-6,9-14,16H2,1H3,(H2,27,31,32). The maximum absolute atomic E-state index is 6.16. The Morgan fingerprint density at radius 2 is 1.86 bits per heavy atom. The first-order valence-corrected chi connectivity index (χ1v) is 12.3. The number of pyridine rings is 1. The van der Waals surface area contributed by atoms with E-state index in [1.54, 1.807) is 10.7 Å². The van der Waals surface area contributed by atoms with Gasteiger partial charge >= 0.3 is 6.01 Å². The van der Waals surface area contributed by atoms with E-state index in [0.29, 0.717) is 24.5 Å². The van der Waals surface area contributed by atoms with E-state index in [1.807, 2.05) is 12.3 Å². The molecule has 1 aliphatic rings. The molecule has 9 nitrogen and oxygen atoms in total. The van der Waals surface area contributed by atoms with Crippen LogP contribution in [-0.2, 0) is 12.8 Å². The minimum Gasteiger partial charge on any atom is -0.462 e. The van der Waals surface area contributed by atoms with Crippen LogP contribution >= 0.6 is 0 Å². The Bertz CT molecular complexity index is 1270. The summed E-state index contributed by atoms with van der Waals surface area (Å²) in [5.74, 6) is 1.37. The quantitative estimate of drug-likeness (QED) is 0.358. The summed E-state index contributed by atoms with van der Waals surface area (Å²) in [6.07, 6.45) is 7.36. The van der Waals surface area contributed by atoms with Crippen LogP contribution in [0, 0.1) is 6.92 Å². The number of fused-ring (bicyclic) bond motifs is 1. The molecular weight excluding hydrogens is 440 g/mol. The third-order valence-electron chi connectivity index (χ3n) is 6.28. The molecule has 0 spiro atoms. The Balaban J connectivity index is 1.24. The lowest BCUT2D eigenvalue weighted by Crippen LogP contribution is -2.44. The van der Waals surface area contributed by atoms with Gasteiger partial charge in [-0.25, -0.2) is 14.5 Å². The zero-order chi connectivity index (χ0) is 24.0. The lowest BCUT2D eigenvalue weighted by atomic mass is 10.1. The number of ether oxygens (including phenoxy) is 1. The fourth-order valence-electron chi connectivity index (χ4n) is 4.49. The fourth-order valence-corrected chi connectivity index (χ4v) is 4.49. The van der Waals surface area contributed by atoms with E-state index in [-0.39, 0.29) is 6.01 Å². The Morgan fingerprint density at radius 3 is 2.66 bits per heavy atom. The summed E-state index contributed by atoms with van der Waals surface area (Å²) >= 11 is 0. The molecule has 0 bridgehead atoms. The summed E-state index contributed by atoms with van der Waals surface area (Å²) in [6, 6.07) is 12.9. The summed E-state index contributed by atoms with van der Waals surface area (Å²) in [4.78, 5) is 15.8. The number of piperazine rings is 1. The van der Waals surface area contributed by atoms with Gasteiger partial charge in [-0.1, -0.05) is 36.4 Å². The topological polar surface area (TPSA) is 106 Å². The van der Waals surface area contributed by atoms with Gasteiger partial charge in [0.2, 0.25) is 0 Å². The highest BCUT2D eigenvalue weighted by molar-refractivity contribution is 5.60.